The zero-order valence-electron chi connectivity index (χ0n) is 26.4. The van der Waals surface area contributed by atoms with E-state index < -0.39 is 6.04 Å². The average Bonchev–Trinajstić information content (AvgIpc) is 3.68. The summed E-state index contributed by atoms with van der Waals surface area (Å²) in [4.78, 5) is 65.3. The van der Waals surface area contributed by atoms with E-state index in [0.717, 1.165) is 5.56 Å². The van der Waals surface area contributed by atoms with Crippen LogP contribution in [0.4, 0.5) is 0 Å². The summed E-state index contributed by atoms with van der Waals surface area (Å²) >= 11 is 2.67. The Morgan fingerprint density at radius 2 is 1.58 bits per heavy atom. The van der Waals surface area contributed by atoms with Gasteiger partial charge in [0.25, 0.3) is 11.8 Å². The monoisotopic (exact) mass is 653 g/mol. The second kappa shape index (κ2) is 16.6. The quantitative estimate of drug-likeness (QED) is 0.368. The molecule has 3 N–H and O–H groups in total. The van der Waals surface area contributed by atoms with E-state index >= 15 is 0 Å². The van der Waals surface area contributed by atoms with Gasteiger partial charge in [-0.3, -0.25) is 19.2 Å². The molecule has 1 aliphatic rings. The fourth-order valence-corrected chi connectivity index (χ4v) is 6.78. The molecule has 45 heavy (non-hydrogen) atoms. The number of benzene rings is 1. The third-order valence-corrected chi connectivity index (χ3v) is 9.18. The number of nitrogens with one attached hydrogen (secondary N) is 3. The summed E-state index contributed by atoms with van der Waals surface area (Å²) in [5.41, 5.74) is 1.57. The zero-order valence-corrected chi connectivity index (χ0v) is 28.0. The fraction of sp³-hybridized carbons (Fsp3) is 0.500. The van der Waals surface area contributed by atoms with E-state index in [2.05, 4.69) is 39.8 Å². The van der Waals surface area contributed by atoms with Gasteiger partial charge in [-0.15, -0.1) is 22.7 Å². The number of rotatable bonds is 6. The van der Waals surface area contributed by atoms with E-state index in [9.17, 15) is 19.2 Å². The Bertz CT molecular complexity index is 1440. The Labute approximate surface area is 272 Å². The van der Waals surface area contributed by atoms with Gasteiger partial charge in [-0.2, -0.15) is 0 Å². The summed E-state index contributed by atoms with van der Waals surface area (Å²) in [5.74, 6) is -0.513. The molecule has 3 aromatic rings. The molecule has 4 bridgehead atoms. The summed E-state index contributed by atoms with van der Waals surface area (Å²) < 4.78 is 0. The van der Waals surface area contributed by atoms with Gasteiger partial charge >= 0.3 is 0 Å². The number of thiazole rings is 2. The highest BCUT2D eigenvalue weighted by Crippen LogP contribution is 2.27. The van der Waals surface area contributed by atoms with Crippen molar-refractivity contribution in [3.8, 4) is 0 Å². The summed E-state index contributed by atoms with van der Waals surface area (Å²) in [5, 5.41) is 13.8. The number of aromatic nitrogens is 2. The Morgan fingerprint density at radius 3 is 2.24 bits per heavy atom. The van der Waals surface area contributed by atoms with Crippen molar-refractivity contribution in [3.05, 3.63) is 68.1 Å². The van der Waals surface area contributed by atoms with Crippen LogP contribution in [-0.2, 0) is 16.0 Å². The number of amides is 4. The minimum atomic E-state index is -0.479. The molecule has 2 atom stereocenters. The number of carbonyl (C=O) groups is 4. The predicted molar refractivity (Wildman–Crippen MR) is 176 cm³/mol. The van der Waals surface area contributed by atoms with Crippen LogP contribution in [0.25, 0.3) is 0 Å². The van der Waals surface area contributed by atoms with E-state index in [-0.39, 0.29) is 59.9 Å². The standard InChI is InChI=1S/C32H43N7O4S2/c1-21(2)16-23-31-37-26(20-45-31)30(43)35-24(17-22-10-6-5-7-11-22)32-36-25(19-44-32)29(42)33-13-9-15-39(28(41)18-38(3)4)14-8-12-27(40)34-23/h5-7,10-11,19-21,23-24H,8-9,12-18H2,1-4H3,(H,33,42)(H,34,40)(H,35,43)/t23-,24-/m0/s1. The van der Waals surface area contributed by atoms with Crippen LogP contribution in [0.15, 0.2) is 41.1 Å². The highest BCUT2D eigenvalue weighted by atomic mass is 32.1. The molecule has 0 unspecified atom stereocenters. The number of carbonyl (C=O) groups excluding carboxylic acids is 4. The van der Waals surface area contributed by atoms with Crippen LogP contribution >= 0.6 is 22.7 Å². The summed E-state index contributed by atoms with van der Waals surface area (Å²) in [7, 11) is 3.69. The van der Waals surface area contributed by atoms with Crippen LogP contribution in [0.1, 0.15) is 88.2 Å². The third kappa shape index (κ3) is 10.4. The lowest BCUT2D eigenvalue weighted by Crippen LogP contribution is -2.40. The van der Waals surface area contributed by atoms with Crippen LogP contribution in [0, 0.1) is 5.92 Å². The maximum atomic E-state index is 13.5. The van der Waals surface area contributed by atoms with Crippen LogP contribution in [-0.4, -0.2) is 83.7 Å². The molecule has 0 saturated heterocycles. The topological polar surface area (TPSA) is 137 Å². The first kappa shape index (κ1) is 34.2. The maximum Gasteiger partial charge on any atom is 0.271 e. The van der Waals surface area contributed by atoms with Crippen molar-refractivity contribution in [2.45, 2.75) is 58.0 Å². The summed E-state index contributed by atoms with van der Waals surface area (Å²) in [6.45, 7) is 5.68. The second-order valence-corrected chi connectivity index (χ2v) is 13.7. The molecule has 0 spiro atoms. The van der Waals surface area contributed by atoms with Crippen molar-refractivity contribution < 1.29 is 19.2 Å². The Kier molecular flexibility index (Phi) is 12.6. The molecule has 0 fully saturated rings. The van der Waals surface area contributed by atoms with Crippen molar-refractivity contribution in [2.24, 2.45) is 5.92 Å². The largest absolute Gasteiger partial charge is 0.351 e. The minimum Gasteiger partial charge on any atom is -0.351 e. The molecule has 1 aliphatic heterocycles. The Morgan fingerprint density at radius 1 is 0.933 bits per heavy atom. The van der Waals surface area contributed by atoms with Crippen molar-refractivity contribution in [1.82, 2.24) is 35.7 Å². The second-order valence-electron chi connectivity index (χ2n) is 11.9. The van der Waals surface area contributed by atoms with Gasteiger partial charge in [0.05, 0.1) is 18.6 Å². The molecular weight excluding hydrogens is 611 g/mol. The lowest BCUT2D eigenvalue weighted by molar-refractivity contribution is -0.132. The van der Waals surface area contributed by atoms with Crippen molar-refractivity contribution >= 4 is 46.3 Å². The molecule has 0 saturated carbocycles. The smallest absolute Gasteiger partial charge is 0.271 e. The normalized spacial score (nSPS) is 19.1. The molecule has 242 valence electrons. The first-order valence-corrected chi connectivity index (χ1v) is 17.1. The SMILES string of the molecule is CC(C)C[C@@H]1NC(=O)CCCN(C(=O)CN(C)C)CCCNC(=O)c2csc(n2)[C@H](Cc2ccccc2)NC(=O)c2csc1n2. The van der Waals surface area contributed by atoms with Crippen LogP contribution in [0.2, 0.25) is 0 Å². The predicted octanol–water partition coefficient (Wildman–Crippen LogP) is 3.82. The molecule has 3 heterocycles. The Balaban J connectivity index is 1.61. The van der Waals surface area contributed by atoms with E-state index in [0.29, 0.717) is 55.3 Å². The third-order valence-electron chi connectivity index (χ3n) is 7.26. The molecule has 4 amide bonds. The van der Waals surface area contributed by atoms with Gasteiger partial charge in [-0.25, -0.2) is 9.97 Å². The highest BCUT2D eigenvalue weighted by Gasteiger charge is 2.25. The summed E-state index contributed by atoms with van der Waals surface area (Å²) in [6, 6.07) is 8.98. The zero-order chi connectivity index (χ0) is 32.3. The van der Waals surface area contributed by atoms with E-state index in [1.807, 2.05) is 49.3 Å². The van der Waals surface area contributed by atoms with Crippen LogP contribution in [0.3, 0.4) is 0 Å². The lowest BCUT2D eigenvalue weighted by atomic mass is 10.0. The number of fused-ring (bicyclic) bond motifs is 4. The Hall–Kier alpha value is -3.68. The molecule has 13 heteroatoms. The highest BCUT2D eigenvalue weighted by molar-refractivity contribution is 7.10. The number of hydrogen-bond donors (Lipinski definition) is 3. The van der Waals surface area contributed by atoms with Gasteiger partial charge in [0, 0.05) is 36.8 Å². The lowest BCUT2D eigenvalue weighted by Gasteiger charge is -2.25. The van der Waals surface area contributed by atoms with E-state index in [1.54, 1.807) is 15.7 Å². The number of hydrogen-bond acceptors (Lipinski definition) is 9. The van der Waals surface area contributed by atoms with Crippen molar-refractivity contribution in [2.75, 3.05) is 40.3 Å². The van der Waals surface area contributed by atoms with Gasteiger partial charge in [0.2, 0.25) is 11.8 Å². The maximum absolute atomic E-state index is 13.5. The first-order chi connectivity index (χ1) is 21.6. The molecule has 2 aromatic heterocycles. The number of nitrogens with zero attached hydrogens (tertiary/aromatic N) is 4. The van der Waals surface area contributed by atoms with Crippen LogP contribution < -0.4 is 16.0 Å². The van der Waals surface area contributed by atoms with E-state index in [4.69, 9.17) is 0 Å². The van der Waals surface area contributed by atoms with E-state index in [1.165, 1.54) is 22.7 Å². The molecule has 0 radical (unpaired) electrons. The molecule has 1 aromatic carbocycles. The van der Waals surface area contributed by atoms with Gasteiger partial charge in [0.1, 0.15) is 21.4 Å². The first-order valence-electron chi connectivity index (χ1n) is 15.3. The molecule has 11 nitrogen and oxygen atoms in total. The van der Waals surface area contributed by atoms with Crippen molar-refractivity contribution in [1.29, 1.82) is 0 Å². The van der Waals surface area contributed by atoms with Gasteiger partial charge in [0.15, 0.2) is 0 Å². The van der Waals surface area contributed by atoms with Crippen LogP contribution in [0.5, 0.6) is 0 Å². The number of likely N-dealkylation sites (N-methyl/N-ethyl adjacent to an activating group) is 1. The minimum absolute atomic E-state index is 0.0242. The molecule has 4 rings (SSSR count). The fourth-order valence-electron chi connectivity index (χ4n) is 5.07. The average molecular weight is 654 g/mol. The van der Waals surface area contributed by atoms with Crippen molar-refractivity contribution in [3.63, 3.8) is 0 Å². The molecular formula is C32H43N7O4S2. The van der Waals surface area contributed by atoms with Gasteiger partial charge in [-0.05, 0) is 51.3 Å². The summed E-state index contributed by atoms with van der Waals surface area (Å²) in [6.07, 6.45) is 2.47. The van der Waals surface area contributed by atoms with Gasteiger partial charge < -0.3 is 25.8 Å². The molecule has 0 aliphatic carbocycles. The van der Waals surface area contributed by atoms with Gasteiger partial charge in [-0.1, -0.05) is 44.2 Å².